The number of carbonyl (C=O) groups is 1. The molecule has 3 rings (SSSR count). The standard InChI is InChI=1S/C17H26N4O2/c1-11-18-8-7-14(19-11)21-9-12-5-6-13(10-21)15(12)20-16(22)23-17(2,3)4/h7-8,12-13,15H,5-6,9-10H2,1-4H3,(H,20,22). The maximum absolute atomic E-state index is 12.1. The minimum absolute atomic E-state index is 0.212. The molecule has 2 unspecified atom stereocenters. The van der Waals surface area contributed by atoms with Crippen molar-refractivity contribution in [1.29, 1.82) is 0 Å². The van der Waals surface area contributed by atoms with Crippen LogP contribution in [0.2, 0.25) is 0 Å². The molecule has 1 aromatic heterocycles. The van der Waals surface area contributed by atoms with Crippen molar-refractivity contribution < 1.29 is 9.53 Å². The fraction of sp³-hybridized carbons (Fsp3) is 0.706. The Morgan fingerprint density at radius 3 is 2.52 bits per heavy atom. The Labute approximate surface area is 137 Å². The van der Waals surface area contributed by atoms with Crippen LogP contribution in [0.1, 0.15) is 39.4 Å². The van der Waals surface area contributed by atoms with E-state index in [0.717, 1.165) is 37.6 Å². The van der Waals surface area contributed by atoms with Crippen LogP contribution in [0.5, 0.6) is 0 Å². The number of piperidine rings is 1. The SMILES string of the molecule is Cc1nccc(N2CC3CCC(C2)C3NC(=O)OC(C)(C)C)n1. The highest BCUT2D eigenvalue weighted by Gasteiger charge is 2.43. The Morgan fingerprint density at radius 2 is 1.96 bits per heavy atom. The van der Waals surface area contributed by atoms with Crippen molar-refractivity contribution in [2.45, 2.75) is 52.2 Å². The molecule has 23 heavy (non-hydrogen) atoms. The average Bonchev–Trinajstić information content (AvgIpc) is 2.68. The Balaban J connectivity index is 1.64. The fourth-order valence-corrected chi connectivity index (χ4v) is 3.71. The van der Waals surface area contributed by atoms with Crippen LogP contribution in [0.25, 0.3) is 0 Å². The molecule has 6 nitrogen and oxygen atoms in total. The molecule has 1 saturated heterocycles. The third-order valence-corrected chi connectivity index (χ3v) is 4.60. The summed E-state index contributed by atoms with van der Waals surface area (Å²) in [6, 6.07) is 2.18. The number of carbonyl (C=O) groups excluding carboxylic acids is 1. The summed E-state index contributed by atoms with van der Waals surface area (Å²) in [5, 5.41) is 3.10. The van der Waals surface area contributed by atoms with E-state index in [2.05, 4.69) is 20.2 Å². The Morgan fingerprint density at radius 1 is 1.30 bits per heavy atom. The number of hydrogen-bond acceptors (Lipinski definition) is 5. The zero-order chi connectivity index (χ0) is 16.6. The molecule has 2 atom stereocenters. The van der Waals surface area contributed by atoms with Gasteiger partial charge in [-0.05, 0) is 58.4 Å². The van der Waals surface area contributed by atoms with Crippen LogP contribution >= 0.6 is 0 Å². The van der Waals surface area contributed by atoms with Crippen molar-refractivity contribution in [2.75, 3.05) is 18.0 Å². The van der Waals surface area contributed by atoms with E-state index in [-0.39, 0.29) is 12.1 Å². The average molecular weight is 318 g/mol. The van der Waals surface area contributed by atoms with Gasteiger partial charge in [0, 0.05) is 25.3 Å². The molecule has 2 aliphatic rings. The van der Waals surface area contributed by atoms with Gasteiger partial charge < -0.3 is 15.0 Å². The largest absolute Gasteiger partial charge is 0.444 e. The number of fused-ring (bicyclic) bond motifs is 2. The van der Waals surface area contributed by atoms with E-state index in [1.54, 1.807) is 0 Å². The normalized spacial score (nSPS) is 27.0. The number of rotatable bonds is 2. The predicted molar refractivity (Wildman–Crippen MR) is 88.4 cm³/mol. The minimum atomic E-state index is -0.456. The van der Waals surface area contributed by atoms with Gasteiger partial charge in [0.25, 0.3) is 0 Å². The molecular formula is C17H26N4O2. The fourth-order valence-electron chi connectivity index (χ4n) is 3.71. The van der Waals surface area contributed by atoms with Gasteiger partial charge in [-0.25, -0.2) is 14.8 Å². The van der Waals surface area contributed by atoms with Crippen LogP contribution < -0.4 is 10.2 Å². The highest BCUT2D eigenvalue weighted by molar-refractivity contribution is 5.68. The topological polar surface area (TPSA) is 67.4 Å². The van der Waals surface area contributed by atoms with E-state index < -0.39 is 5.60 Å². The summed E-state index contributed by atoms with van der Waals surface area (Å²) in [5.41, 5.74) is -0.456. The summed E-state index contributed by atoms with van der Waals surface area (Å²) in [6.45, 7) is 9.43. The molecule has 1 amide bonds. The van der Waals surface area contributed by atoms with E-state index in [1.165, 1.54) is 0 Å². The number of alkyl carbamates (subject to hydrolysis) is 1. The monoisotopic (exact) mass is 318 g/mol. The van der Waals surface area contributed by atoms with Crippen molar-refractivity contribution >= 4 is 11.9 Å². The molecule has 2 heterocycles. The Bertz CT molecular complexity index is 570. The van der Waals surface area contributed by atoms with E-state index in [0.29, 0.717) is 11.8 Å². The molecule has 6 heteroatoms. The molecule has 0 spiro atoms. The van der Waals surface area contributed by atoms with Gasteiger partial charge in [0.1, 0.15) is 17.2 Å². The van der Waals surface area contributed by atoms with Gasteiger partial charge in [0.15, 0.2) is 0 Å². The molecule has 126 valence electrons. The first-order valence-electron chi connectivity index (χ1n) is 8.36. The van der Waals surface area contributed by atoms with Crippen LogP contribution in [0.15, 0.2) is 12.3 Å². The van der Waals surface area contributed by atoms with E-state index >= 15 is 0 Å². The van der Waals surface area contributed by atoms with Gasteiger partial charge in [-0.1, -0.05) is 0 Å². The second-order valence-electron chi connectivity index (χ2n) is 7.64. The first-order valence-corrected chi connectivity index (χ1v) is 8.36. The van der Waals surface area contributed by atoms with Crippen molar-refractivity contribution in [3.63, 3.8) is 0 Å². The Hall–Kier alpha value is -1.85. The number of nitrogens with one attached hydrogen (secondary N) is 1. The predicted octanol–water partition coefficient (Wildman–Crippen LogP) is 2.52. The number of ether oxygens (including phenoxy) is 1. The lowest BCUT2D eigenvalue weighted by atomic mass is 9.92. The lowest BCUT2D eigenvalue weighted by molar-refractivity contribution is 0.0472. The quantitative estimate of drug-likeness (QED) is 0.907. The summed E-state index contributed by atoms with van der Waals surface area (Å²) in [4.78, 5) is 23.1. The number of amides is 1. The number of hydrogen-bond donors (Lipinski definition) is 1. The first kappa shape index (κ1) is 16.0. The van der Waals surface area contributed by atoms with Gasteiger partial charge in [-0.3, -0.25) is 0 Å². The van der Waals surface area contributed by atoms with Crippen LogP contribution in [0.4, 0.5) is 10.6 Å². The Kier molecular flexibility index (Phi) is 4.17. The van der Waals surface area contributed by atoms with E-state index in [1.807, 2.05) is 40.0 Å². The zero-order valence-corrected chi connectivity index (χ0v) is 14.4. The lowest BCUT2D eigenvalue weighted by Gasteiger charge is -2.39. The smallest absolute Gasteiger partial charge is 0.407 e. The molecule has 1 aliphatic carbocycles. The van der Waals surface area contributed by atoms with Crippen molar-refractivity contribution in [3.05, 3.63) is 18.1 Å². The molecular weight excluding hydrogens is 292 g/mol. The molecule has 1 aromatic rings. The second kappa shape index (κ2) is 5.98. The van der Waals surface area contributed by atoms with Crippen LogP contribution in [-0.4, -0.2) is 40.8 Å². The molecule has 1 saturated carbocycles. The summed E-state index contributed by atoms with van der Waals surface area (Å²) >= 11 is 0. The molecule has 1 aliphatic heterocycles. The van der Waals surface area contributed by atoms with Crippen LogP contribution in [0, 0.1) is 18.8 Å². The summed E-state index contributed by atoms with van der Waals surface area (Å²) in [6.07, 6.45) is 3.80. The van der Waals surface area contributed by atoms with Crippen molar-refractivity contribution in [2.24, 2.45) is 11.8 Å². The zero-order valence-electron chi connectivity index (χ0n) is 14.4. The molecule has 0 radical (unpaired) electrons. The number of nitrogens with zero attached hydrogens (tertiary/aromatic N) is 3. The van der Waals surface area contributed by atoms with E-state index in [9.17, 15) is 4.79 Å². The highest BCUT2D eigenvalue weighted by Crippen LogP contribution is 2.38. The van der Waals surface area contributed by atoms with Crippen molar-refractivity contribution in [1.82, 2.24) is 15.3 Å². The van der Waals surface area contributed by atoms with Gasteiger partial charge in [0.2, 0.25) is 0 Å². The molecule has 0 aromatic carbocycles. The second-order valence-corrected chi connectivity index (χ2v) is 7.64. The van der Waals surface area contributed by atoms with Gasteiger partial charge >= 0.3 is 6.09 Å². The maximum Gasteiger partial charge on any atom is 0.407 e. The highest BCUT2D eigenvalue weighted by atomic mass is 16.6. The van der Waals surface area contributed by atoms with Crippen LogP contribution in [0.3, 0.4) is 0 Å². The summed E-state index contributed by atoms with van der Waals surface area (Å²) in [5.74, 6) is 2.70. The molecule has 2 fully saturated rings. The number of aryl methyl sites for hydroxylation is 1. The number of anilines is 1. The maximum atomic E-state index is 12.1. The van der Waals surface area contributed by atoms with E-state index in [4.69, 9.17) is 4.74 Å². The molecule has 1 N–H and O–H groups in total. The lowest BCUT2D eigenvalue weighted by Crippen LogP contribution is -2.53. The third-order valence-electron chi connectivity index (χ3n) is 4.60. The van der Waals surface area contributed by atoms with Gasteiger partial charge in [-0.15, -0.1) is 0 Å². The van der Waals surface area contributed by atoms with Crippen LogP contribution in [-0.2, 0) is 4.74 Å². The van der Waals surface area contributed by atoms with Crippen molar-refractivity contribution in [3.8, 4) is 0 Å². The first-order chi connectivity index (χ1) is 10.8. The third kappa shape index (κ3) is 3.74. The molecule has 2 bridgehead atoms. The summed E-state index contributed by atoms with van der Waals surface area (Å²) < 4.78 is 5.41. The number of aromatic nitrogens is 2. The minimum Gasteiger partial charge on any atom is -0.444 e. The van der Waals surface area contributed by atoms with Gasteiger partial charge in [-0.2, -0.15) is 0 Å². The summed E-state index contributed by atoms with van der Waals surface area (Å²) in [7, 11) is 0. The van der Waals surface area contributed by atoms with Gasteiger partial charge in [0.05, 0.1) is 0 Å².